The third kappa shape index (κ3) is 4.63. The fourth-order valence-corrected chi connectivity index (χ4v) is 4.55. The molecule has 4 rings (SSSR count). The standard InChI is InChI=1S/C27H33N3O2/c1-5-30-14-6-7-21(30)17-28-27(31)24-16-26(19-8-11-22(32-4)12-9-19)29-25-13-10-20(18(2)3)15-23(24)25/h8-13,15-16,18,21H,5-7,14,17H2,1-4H3,(H,28,31). The predicted octanol–water partition coefficient (Wildman–Crippen LogP) is 5.25. The van der Waals surface area contributed by atoms with Gasteiger partial charge in [0, 0.05) is 23.5 Å². The summed E-state index contributed by atoms with van der Waals surface area (Å²) in [6.45, 7) is 9.34. The van der Waals surface area contributed by atoms with Crippen molar-refractivity contribution in [3.63, 3.8) is 0 Å². The number of aromatic nitrogens is 1. The lowest BCUT2D eigenvalue weighted by atomic mass is 9.97. The van der Waals surface area contributed by atoms with Crippen LogP contribution in [0.15, 0.2) is 48.5 Å². The minimum atomic E-state index is -0.0315. The van der Waals surface area contributed by atoms with Gasteiger partial charge in [-0.15, -0.1) is 0 Å². The average Bonchev–Trinajstić information content (AvgIpc) is 3.29. The molecule has 1 N–H and O–H groups in total. The SMILES string of the molecule is CCN1CCCC1CNC(=O)c1cc(-c2ccc(OC)cc2)nc2ccc(C(C)C)cc12. The second kappa shape index (κ2) is 9.70. The topological polar surface area (TPSA) is 54.5 Å². The van der Waals surface area contributed by atoms with Crippen LogP contribution in [0.3, 0.4) is 0 Å². The van der Waals surface area contributed by atoms with E-state index < -0.39 is 0 Å². The Balaban J connectivity index is 1.71. The molecule has 1 amide bonds. The zero-order valence-corrected chi connectivity index (χ0v) is 19.5. The molecule has 1 aromatic heterocycles. The molecule has 0 bridgehead atoms. The van der Waals surface area contributed by atoms with Crippen molar-refractivity contribution >= 4 is 16.8 Å². The van der Waals surface area contributed by atoms with Crippen LogP contribution in [0.5, 0.6) is 5.75 Å². The van der Waals surface area contributed by atoms with Gasteiger partial charge in [0.2, 0.25) is 0 Å². The maximum absolute atomic E-state index is 13.4. The molecule has 2 heterocycles. The number of amides is 1. The minimum absolute atomic E-state index is 0.0315. The van der Waals surface area contributed by atoms with E-state index in [2.05, 4.69) is 43.1 Å². The highest BCUT2D eigenvalue weighted by atomic mass is 16.5. The summed E-state index contributed by atoms with van der Waals surface area (Å²) in [4.78, 5) is 20.7. The first-order valence-electron chi connectivity index (χ1n) is 11.6. The molecule has 0 radical (unpaired) electrons. The summed E-state index contributed by atoms with van der Waals surface area (Å²) in [5.74, 6) is 1.15. The highest BCUT2D eigenvalue weighted by Gasteiger charge is 2.24. The molecule has 1 saturated heterocycles. The summed E-state index contributed by atoms with van der Waals surface area (Å²) in [6, 6.07) is 16.4. The highest BCUT2D eigenvalue weighted by Crippen LogP contribution is 2.29. The number of likely N-dealkylation sites (tertiary alicyclic amines) is 1. The summed E-state index contributed by atoms with van der Waals surface area (Å²) in [5, 5.41) is 4.12. The number of hydrogen-bond acceptors (Lipinski definition) is 4. The van der Waals surface area contributed by atoms with Gasteiger partial charge in [0.25, 0.3) is 5.91 Å². The molecule has 0 aliphatic carbocycles. The van der Waals surface area contributed by atoms with Crippen LogP contribution < -0.4 is 10.1 Å². The third-order valence-corrected chi connectivity index (χ3v) is 6.53. The minimum Gasteiger partial charge on any atom is -0.497 e. The van der Waals surface area contributed by atoms with Gasteiger partial charge >= 0.3 is 0 Å². The lowest BCUT2D eigenvalue weighted by Crippen LogP contribution is -2.40. The largest absolute Gasteiger partial charge is 0.497 e. The Morgan fingerprint density at radius 1 is 1.19 bits per heavy atom. The highest BCUT2D eigenvalue weighted by molar-refractivity contribution is 6.07. The first-order chi connectivity index (χ1) is 15.5. The van der Waals surface area contributed by atoms with Crippen molar-refractivity contribution in [2.45, 2.75) is 45.6 Å². The van der Waals surface area contributed by atoms with Gasteiger partial charge in [-0.25, -0.2) is 4.98 Å². The van der Waals surface area contributed by atoms with Crippen molar-refractivity contribution < 1.29 is 9.53 Å². The summed E-state index contributed by atoms with van der Waals surface area (Å²) in [7, 11) is 1.65. The molecule has 5 nitrogen and oxygen atoms in total. The van der Waals surface area contributed by atoms with Crippen molar-refractivity contribution in [2.24, 2.45) is 0 Å². The van der Waals surface area contributed by atoms with Crippen LogP contribution in [0.1, 0.15) is 55.5 Å². The lowest BCUT2D eigenvalue weighted by Gasteiger charge is -2.23. The van der Waals surface area contributed by atoms with Crippen LogP contribution in [-0.2, 0) is 0 Å². The molecule has 5 heteroatoms. The lowest BCUT2D eigenvalue weighted by molar-refractivity contribution is 0.0943. The van der Waals surface area contributed by atoms with Crippen LogP contribution in [-0.4, -0.2) is 48.6 Å². The van der Waals surface area contributed by atoms with Gasteiger partial charge in [0.05, 0.1) is 23.9 Å². The van der Waals surface area contributed by atoms with Crippen LogP contribution in [0.2, 0.25) is 0 Å². The molecular formula is C27H33N3O2. The van der Waals surface area contributed by atoms with E-state index in [1.807, 2.05) is 36.4 Å². The molecule has 2 aromatic carbocycles. The Kier molecular flexibility index (Phi) is 6.75. The molecule has 0 spiro atoms. The molecule has 168 valence electrons. The fourth-order valence-electron chi connectivity index (χ4n) is 4.55. The Hall–Kier alpha value is -2.92. The molecule has 3 aromatic rings. The number of fused-ring (bicyclic) bond motifs is 1. The Bertz CT molecular complexity index is 1090. The number of pyridine rings is 1. The van der Waals surface area contributed by atoms with E-state index in [1.165, 1.54) is 12.0 Å². The number of rotatable bonds is 7. The van der Waals surface area contributed by atoms with E-state index in [0.29, 0.717) is 24.1 Å². The quantitative estimate of drug-likeness (QED) is 0.555. The fraction of sp³-hybridized carbons (Fsp3) is 0.407. The van der Waals surface area contributed by atoms with Crippen molar-refractivity contribution in [3.05, 3.63) is 59.7 Å². The molecule has 1 fully saturated rings. The van der Waals surface area contributed by atoms with Crippen molar-refractivity contribution in [3.8, 4) is 17.0 Å². The molecule has 1 aliphatic heterocycles. The first kappa shape index (κ1) is 22.3. The Labute approximate surface area is 190 Å². The number of hydrogen-bond donors (Lipinski definition) is 1. The molecule has 1 unspecified atom stereocenters. The van der Waals surface area contributed by atoms with E-state index in [9.17, 15) is 4.79 Å². The number of nitrogens with zero attached hydrogens (tertiary/aromatic N) is 2. The molecule has 32 heavy (non-hydrogen) atoms. The van der Waals surface area contributed by atoms with Crippen LogP contribution in [0, 0.1) is 0 Å². The van der Waals surface area contributed by atoms with Crippen LogP contribution in [0.25, 0.3) is 22.2 Å². The maximum atomic E-state index is 13.4. The van der Waals surface area contributed by atoms with E-state index in [1.54, 1.807) is 7.11 Å². The Morgan fingerprint density at radius 3 is 2.66 bits per heavy atom. The van der Waals surface area contributed by atoms with E-state index >= 15 is 0 Å². The number of nitrogens with one attached hydrogen (secondary N) is 1. The van der Waals surface area contributed by atoms with Gasteiger partial charge in [0.15, 0.2) is 0 Å². The zero-order chi connectivity index (χ0) is 22.7. The van der Waals surface area contributed by atoms with E-state index in [4.69, 9.17) is 9.72 Å². The van der Waals surface area contributed by atoms with Crippen LogP contribution in [0.4, 0.5) is 0 Å². The van der Waals surface area contributed by atoms with Crippen molar-refractivity contribution in [1.29, 1.82) is 0 Å². The number of ether oxygens (including phenoxy) is 1. The average molecular weight is 432 g/mol. The number of methoxy groups -OCH3 is 1. The second-order valence-corrected chi connectivity index (χ2v) is 8.85. The normalized spacial score (nSPS) is 16.6. The molecule has 1 atom stereocenters. The van der Waals surface area contributed by atoms with E-state index in [0.717, 1.165) is 47.4 Å². The van der Waals surface area contributed by atoms with Crippen molar-refractivity contribution in [2.75, 3.05) is 26.7 Å². The molecular weight excluding hydrogens is 398 g/mol. The summed E-state index contributed by atoms with van der Waals surface area (Å²) in [5.41, 5.74) is 4.48. The summed E-state index contributed by atoms with van der Waals surface area (Å²) < 4.78 is 5.28. The van der Waals surface area contributed by atoms with E-state index in [-0.39, 0.29) is 5.91 Å². The number of carbonyl (C=O) groups excluding carboxylic acids is 1. The Morgan fingerprint density at radius 2 is 1.97 bits per heavy atom. The number of carbonyl (C=O) groups is 1. The third-order valence-electron chi connectivity index (χ3n) is 6.53. The van der Waals surface area contributed by atoms with Gasteiger partial charge in [-0.1, -0.05) is 26.8 Å². The number of likely N-dealkylation sites (N-methyl/N-ethyl adjacent to an activating group) is 1. The summed E-state index contributed by atoms with van der Waals surface area (Å²) in [6.07, 6.45) is 2.34. The second-order valence-electron chi connectivity index (χ2n) is 8.85. The molecule has 1 aliphatic rings. The zero-order valence-electron chi connectivity index (χ0n) is 19.5. The number of benzene rings is 2. The smallest absolute Gasteiger partial charge is 0.252 e. The van der Waals surface area contributed by atoms with Gasteiger partial charge in [-0.3, -0.25) is 9.69 Å². The van der Waals surface area contributed by atoms with Crippen molar-refractivity contribution in [1.82, 2.24) is 15.2 Å². The van der Waals surface area contributed by atoms with Gasteiger partial charge < -0.3 is 10.1 Å². The van der Waals surface area contributed by atoms with Gasteiger partial charge in [-0.2, -0.15) is 0 Å². The monoisotopic (exact) mass is 431 g/mol. The predicted molar refractivity (Wildman–Crippen MR) is 130 cm³/mol. The first-order valence-corrected chi connectivity index (χ1v) is 11.6. The summed E-state index contributed by atoms with van der Waals surface area (Å²) >= 11 is 0. The molecule has 0 saturated carbocycles. The van der Waals surface area contributed by atoms with Gasteiger partial charge in [0.1, 0.15) is 5.75 Å². The van der Waals surface area contributed by atoms with Crippen LogP contribution >= 0.6 is 0 Å². The maximum Gasteiger partial charge on any atom is 0.252 e. The van der Waals surface area contributed by atoms with Gasteiger partial charge in [-0.05, 0) is 79.9 Å².